The summed E-state index contributed by atoms with van der Waals surface area (Å²) in [5.41, 5.74) is 7.30. The summed E-state index contributed by atoms with van der Waals surface area (Å²) in [6.45, 7) is 5.07. The predicted molar refractivity (Wildman–Crippen MR) is 131 cm³/mol. The van der Waals surface area contributed by atoms with Crippen molar-refractivity contribution in [1.29, 1.82) is 0 Å². The Hall–Kier alpha value is -3.93. The van der Waals surface area contributed by atoms with Gasteiger partial charge in [0.05, 0.1) is 12.4 Å². The van der Waals surface area contributed by atoms with Crippen molar-refractivity contribution in [3.8, 4) is 5.75 Å². The van der Waals surface area contributed by atoms with Gasteiger partial charge >= 0.3 is 5.97 Å². The molecule has 1 heterocycles. The molecule has 12 nitrogen and oxygen atoms in total. The summed E-state index contributed by atoms with van der Waals surface area (Å²) in [6.07, 6.45) is 3.54. The normalized spacial score (nSPS) is 14.4. The number of carboxylic acids is 1. The number of phenols is 1. The standard InChI is InChI=1S/C24H34N6O6/c1-13(2)8-19(29-21(32)18(25)10-16-11-26-12-27-16)23(34)30-20(22(33)28-14(3)24(35)36)9-15-4-6-17(31)7-5-15/h4-7,11-14,18-20,31H,8-10,25H2,1-3H3,(H,26,27)(H,28,33)(H,29,32)(H,30,34)(H,35,36). The Morgan fingerprint density at radius 1 is 0.944 bits per heavy atom. The van der Waals surface area contributed by atoms with Crippen molar-refractivity contribution in [2.45, 2.75) is 64.2 Å². The average Bonchev–Trinajstić information content (AvgIpc) is 3.32. The fourth-order valence-electron chi connectivity index (χ4n) is 3.43. The van der Waals surface area contributed by atoms with Crippen LogP contribution in [0.4, 0.5) is 0 Å². The third kappa shape index (κ3) is 9.02. The second kappa shape index (κ2) is 13.2. The number of carboxylic acid groups (broad SMARTS) is 1. The number of aromatic amines is 1. The van der Waals surface area contributed by atoms with Gasteiger partial charge in [-0.3, -0.25) is 19.2 Å². The molecule has 0 aliphatic heterocycles. The predicted octanol–water partition coefficient (Wildman–Crippen LogP) is -0.167. The third-order valence-electron chi connectivity index (χ3n) is 5.41. The van der Waals surface area contributed by atoms with Gasteiger partial charge in [0.2, 0.25) is 17.7 Å². The molecule has 3 amide bonds. The first-order chi connectivity index (χ1) is 17.0. The van der Waals surface area contributed by atoms with Crippen LogP contribution in [-0.4, -0.2) is 68.0 Å². The lowest BCUT2D eigenvalue weighted by Crippen LogP contribution is -2.57. The number of amides is 3. The van der Waals surface area contributed by atoms with Gasteiger partial charge in [0, 0.05) is 24.7 Å². The van der Waals surface area contributed by atoms with E-state index in [0.717, 1.165) is 0 Å². The number of rotatable bonds is 13. The number of aromatic nitrogens is 2. The molecule has 2 aromatic rings. The zero-order valence-electron chi connectivity index (χ0n) is 20.5. The fraction of sp³-hybridized carbons (Fsp3) is 0.458. The number of aromatic hydroxyl groups is 1. The molecule has 4 atom stereocenters. The molecule has 0 saturated carbocycles. The smallest absolute Gasteiger partial charge is 0.325 e. The molecule has 0 aliphatic carbocycles. The molecule has 0 bridgehead atoms. The van der Waals surface area contributed by atoms with Crippen molar-refractivity contribution in [2.75, 3.05) is 0 Å². The molecule has 0 aliphatic rings. The maximum atomic E-state index is 13.2. The van der Waals surface area contributed by atoms with Crippen LogP contribution in [0.2, 0.25) is 0 Å². The molecule has 196 valence electrons. The first-order valence-electron chi connectivity index (χ1n) is 11.6. The van der Waals surface area contributed by atoms with Crippen LogP contribution >= 0.6 is 0 Å². The van der Waals surface area contributed by atoms with E-state index in [2.05, 4.69) is 25.9 Å². The first-order valence-corrected chi connectivity index (χ1v) is 11.6. The summed E-state index contributed by atoms with van der Waals surface area (Å²) >= 11 is 0. The van der Waals surface area contributed by atoms with Crippen molar-refractivity contribution in [3.63, 3.8) is 0 Å². The van der Waals surface area contributed by atoms with Crippen molar-refractivity contribution in [3.05, 3.63) is 48.0 Å². The molecule has 4 unspecified atom stereocenters. The summed E-state index contributed by atoms with van der Waals surface area (Å²) < 4.78 is 0. The molecule has 1 aromatic heterocycles. The van der Waals surface area contributed by atoms with Crippen LogP contribution in [-0.2, 0) is 32.0 Å². The van der Waals surface area contributed by atoms with Crippen LogP contribution in [0.15, 0.2) is 36.8 Å². The summed E-state index contributed by atoms with van der Waals surface area (Å²) in [7, 11) is 0. The number of phenolic OH excluding ortho intramolecular Hbond substituents is 1. The van der Waals surface area contributed by atoms with E-state index in [1.807, 2.05) is 13.8 Å². The van der Waals surface area contributed by atoms with E-state index in [4.69, 9.17) is 10.8 Å². The zero-order chi connectivity index (χ0) is 26.8. The number of hydrogen-bond donors (Lipinski definition) is 7. The van der Waals surface area contributed by atoms with Gasteiger partial charge in [0.25, 0.3) is 0 Å². The van der Waals surface area contributed by atoms with E-state index in [-0.39, 0.29) is 30.9 Å². The minimum Gasteiger partial charge on any atom is -0.508 e. The maximum Gasteiger partial charge on any atom is 0.325 e. The molecule has 0 radical (unpaired) electrons. The largest absolute Gasteiger partial charge is 0.508 e. The minimum absolute atomic E-state index is 0.0290. The molecule has 36 heavy (non-hydrogen) atoms. The number of nitrogens with one attached hydrogen (secondary N) is 4. The average molecular weight is 503 g/mol. The Balaban J connectivity index is 2.17. The highest BCUT2D eigenvalue weighted by atomic mass is 16.4. The fourth-order valence-corrected chi connectivity index (χ4v) is 3.43. The van der Waals surface area contributed by atoms with Gasteiger partial charge < -0.3 is 36.9 Å². The molecule has 1 aromatic carbocycles. The van der Waals surface area contributed by atoms with Crippen LogP contribution in [0.25, 0.3) is 0 Å². The minimum atomic E-state index is -1.23. The third-order valence-corrected chi connectivity index (χ3v) is 5.41. The van der Waals surface area contributed by atoms with E-state index in [1.165, 1.54) is 25.4 Å². The number of carbonyl (C=O) groups is 4. The van der Waals surface area contributed by atoms with Crippen LogP contribution in [0.3, 0.4) is 0 Å². The lowest BCUT2D eigenvalue weighted by Gasteiger charge is -2.25. The molecule has 0 fully saturated rings. The Morgan fingerprint density at radius 3 is 2.11 bits per heavy atom. The Bertz CT molecular complexity index is 1020. The zero-order valence-corrected chi connectivity index (χ0v) is 20.5. The van der Waals surface area contributed by atoms with Crippen LogP contribution < -0.4 is 21.7 Å². The summed E-state index contributed by atoms with van der Waals surface area (Å²) in [5.74, 6) is -3.00. The van der Waals surface area contributed by atoms with Gasteiger partial charge in [-0.05, 0) is 37.0 Å². The topological polar surface area (TPSA) is 200 Å². The quantitative estimate of drug-likeness (QED) is 0.196. The lowest BCUT2D eigenvalue weighted by atomic mass is 10.00. The van der Waals surface area contributed by atoms with Crippen molar-refractivity contribution >= 4 is 23.7 Å². The monoisotopic (exact) mass is 502 g/mol. The first kappa shape index (κ1) is 28.3. The second-order valence-corrected chi connectivity index (χ2v) is 9.08. The van der Waals surface area contributed by atoms with E-state index in [1.54, 1.807) is 18.3 Å². The number of nitrogens with two attached hydrogens (primary N) is 1. The van der Waals surface area contributed by atoms with E-state index >= 15 is 0 Å². The van der Waals surface area contributed by atoms with Crippen molar-refractivity contribution in [2.24, 2.45) is 11.7 Å². The Morgan fingerprint density at radius 2 is 1.56 bits per heavy atom. The summed E-state index contributed by atoms with van der Waals surface area (Å²) in [4.78, 5) is 56.7. The van der Waals surface area contributed by atoms with E-state index < -0.39 is 47.9 Å². The highest BCUT2D eigenvalue weighted by Gasteiger charge is 2.30. The number of benzene rings is 1. The molecule has 0 saturated heterocycles. The van der Waals surface area contributed by atoms with Crippen LogP contribution in [0.1, 0.15) is 38.4 Å². The maximum absolute atomic E-state index is 13.2. The second-order valence-electron chi connectivity index (χ2n) is 9.08. The molecule has 2 rings (SSSR count). The van der Waals surface area contributed by atoms with Gasteiger partial charge in [-0.15, -0.1) is 0 Å². The molecule has 0 spiro atoms. The molecule has 12 heteroatoms. The summed E-state index contributed by atoms with van der Waals surface area (Å²) in [6, 6.07) is 1.84. The van der Waals surface area contributed by atoms with Crippen molar-refractivity contribution in [1.82, 2.24) is 25.9 Å². The van der Waals surface area contributed by atoms with Gasteiger partial charge in [-0.1, -0.05) is 26.0 Å². The highest BCUT2D eigenvalue weighted by Crippen LogP contribution is 2.13. The molecular weight excluding hydrogens is 468 g/mol. The van der Waals surface area contributed by atoms with Gasteiger partial charge in [-0.2, -0.15) is 0 Å². The number of H-pyrrole nitrogens is 1. The summed E-state index contributed by atoms with van der Waals surface area (Å²) in [5, 5.41) is 26.3. The molecule has 8 N–H and O–H groups in total. The van der Waals surface area contributed by atoms with Crippen LogP contribution in [0.5, 0.6) is 5.75 Å². The van der Waals surface area contributed by atoms with Gasteiger partial charge in [-0.25, -0.2) is 4.98 Å². The van der Waals surface area contributed by atoms with E-state index in [9.17, 15) is 24.3 Å². The number of imidazole rings is 1. The number of aliphatic carboxylic acids is 1. The number of hydrogen-bond acceptors (Lipinski definition) is 7. The Kier molecular flexibility index (Phi) is 10.4. The van der Waals surface area contributed by atoms with Gasteiger partial charge in [0.15, 0.2) is 0 Å². The van der Waals surface area contributed by atoms with Crippen molar-refractivity contribution < 1.29 is 29.4 Å². The SMILES string of the molecule is CC(C)CC(NC(=O)C(N)Cc1cnc[nH]1)C(=O)NC(Cc1ccc(O)cc1)C(=O)NC(C)C(=O)O. The Labute approximate surface area is 209 Å². The van der Waals surface area contributed by atoms with Gasteiger partial charge in [0.1, 0.15) is 23.9 Å². The number of carbonyl (C=O) groups excluding carboxylic acids is 3. The highest BCUT2D eigenvalue weighted by molar-refractivity contribution is 5.94. The number of nitrogens with zero attached hydrogens (tertiary/aromatic N) is 1. The van der Waals surface area contributed by atoms with E-state index in [0.29, 0.717) is 11.3 Å². The lowest BCUT2D eigenvalue weighted by molar-refractivity contribution is -0.141. The molecular formula is C24H34N6O6. The van der Waals surface area contributed by atoms with Crippen LogP contribution in [0, 0.1) is 5.92 Å².